The molecule has 5 heteroatoms. The summed E-state index contributed by atoms with van der Waals surface area (Å²) in [5.41, 5.74) is 1.05. The van der Waals surface area contributed by atoms with Gasteiger partial charge >= 0.3 is 0 Å². The Labute approximate surface area is 121 Å². The molecular weight excluding hydrogens is 272 g/mol. The van der Waals surface area contributed by atoms with Gasteiger partial charge in [0.05, 0.1) is 11.5 Å². The van der Waals surface area contributed by atoms with Crippen molar-refractivity contribution in [3.63, 3.8) is 0 Å². The number of nitrogens with zero attached hydrogens (tertiary/aromatic N) is 1. The lowest BCUT2D eigenvalue weighted by Gasteiger charge is -2.46. The summed E-state index contributed by atoms with van der Waals surface area (Å²) in [5, 5.41) is 3.43. The molecule has 0 aliphatic carbocycles. The van der Waals surface area contributed by atoms with Crippen molar-refractivity contribution in [3.8, 4) is 0 Å². The molecule has 2 saturated heterocycles. The number of hydrogen-bond acceptors (Lipinski definition) is 4. The predicted octanol–water partition coefficient (Wildman–Crippen LogP) is 1.21. The fourth-order valence-corrected chi connectivity index (χ4v) is 5.70. The van der Waals surface area contributed by atoms with Crippen LogP contribution in [0.25, 0.3) is 0 Å². The van der Waals surface area contributed by atoms with E-state index in [1.165, 1.54) is 5.56 Å². The van der Waals surface area contributed by atoms with Crippen LogP contribution in [0.4, 0.5) is 0 Å². The van der Waals surface area contributed by atoms with Crippen LogP contribution in [0.2, 0.25) is 0 Å². The Kier molecular flexibility index (Phi) is 3.60. The number of sulfone groups is 1. The van der Waals surface area contributed by atoms with Gasteiger partial charge in [-0.2, -0.15) is 0 Å². The van der Waals surface area contributed by atoms with Gasteiger partial charge in [0.25, 0.3) is 0 Å². The fraction of sp³-hybridized carbons (Fsp3) is 0.600. The van der Waals surface area contributed by atoms with E-state index in [1.807, 2.05) is 6.07 Å². The van der Waals surface area contributed by atoms with Crippen molar-refractivity contribution in [2.75, 3.05) is 31.1 Å². The Morgan fingerprint density at radius 3 is 2.70 bits per heavy atom. The molecule has 0 amide bonds. The van der Waals surface area contributed by atoms with Gasteiger partial charge in [-0.1, -0.05) is 30.3 Å². The Bertz CT molecular complexity index is 573. The zero-order chi connectivity index (χ0) is 14.2. The van der Waals surface area contributed by atoms with Crippen molar-refractivity contribution >= 4 is 9.84 Å². The molecule has 2 heterocycles. The van der Waals surface area contributed by atoms with Crippen LogP contribution in [-0.2, 0) is 9.84 Å². The lowest BCUT2D eigenvalue weighted by molar-refractivity contribution is 0.0529. The second-order valence-corrected chi connectivity index (χ2v) is 8.35. The molecule has 110 valence electrons. The van der Waals surface area contributed by atoms with Gasteiger partial charge in [0.1, 0.15) is 0 Å². The Morgan fingerprint density at radius 1 is 1.30 bits per heavy atom. The van der Waals surface area contributed by atoms with Gasteiger partial charge < -0.3 is 5.32 Å². The molecule has 2 aliphatic rings. The van der Waals surface area contributed by atoms with Gasteiger partial charge in [0.2, 0.25) is 0 Å². The smallest absolute Gasteiger partial charge is 0.152 e. The fourth-order valence-electron chi connectivity index (χ4n) is 3.54. The number of rotatable bonds is 2. The monoisotopic (exact) mass is 294 g/mol. The van der Waals surface area contributed by atoms with Crippen molar-refractivity contribution < 1.29 is 8.42 Å². The first-order chi connectivity index (χ1) is 9.50. The number of nitrogens with one attached hydrogen (secondary N) is 1. The van der Waals surface area contributed by atoms with Crippen LogP contribution < -0.4 is 5.32 Å². The minimum atomic E-state index is -2.87. The van der Waals surface area contributed by atoms with E-state index in [4.69, 9.17) is 0 Å². The average molecular weight is 294 g/mol. The molecule has 0 radical (unpaired) electrons. The number of benzene rings is 1. The third-order valence-corrected chi connectivity index (χ3v) is 6.49. The maximum atomic E-state index is 11.9. The molecule has 1 aromatic carbocycles. The Hall–Kier alpha value is -0.910. The molecule has 0 bridgehead atoms. The zero-order valence-corrected chi connectivity index (χ0v) is 12.7. The van der Waals surface area contributed by atoms with E-state index in [2.05, 4.69) is 41.4 Å². The largest absolute Gasteiger partial charge is 0.314 e. The summed E-state index contributed by atoms with van der Waals surface area (Å²) in [6, 6.07) is 10.7. The molecule has 2 atom stereocenters. The molecule has 20 heavy (non-hydrogen) atoms. The maximum absolute atomic E-state index is 11.9. The normalized spacial score (nSPS) is 34.1. The molecule has 0 aromatic heterocycles. The Morgan fingerprint density at radius 2 is 2.05 bits per heavy atom. The van der Waals surface area contributed by atoms with Crippen molar-refractivity contribution in [3.05, 3.63) is 35.9 Å². The van der Waals surface area contributed by atoms with Crippen LogP contribution in [-0.4, -0.2) is 50.0 Å². The first-order valence-corrected chi connectivity index (χ1v) is 9.05. The molecule has 2 aliphatic heterocycles. The minimum absolute atomic E-state index is 0.221. The third kappa shape index (κ3) is 2.62. The number of piperazine rings is 1. The van der Waals surface area contributed by atoms with Crippen LogP contribution in [0.15, 0.2) is 30.3 Å². The van der Waals surface area contributed by atoms with Crippen molar-refractivity contribution in [2.24, 2.45) is 0 Å². The van der Waals surface area contributed by atoms with Crippen molar-refractivity contribution in [2.45, 2.75) is 24.9 Å². The van der Waals surface area contributed by atoms with E-state index in [1.54, 1.807) is 0 Å². The van der Waals surface area contributed by atoms with Crippen molar-refractivity contribution in [1.29, 1.82) is 0 Å². The lowest BCUT2D eigenvalue weighted by Crippen LogP contribution is -2.56. The molecule has 0 spiro atoms. The molecule has 4 nitrogen and oxygen atoms in total. The van der Waals surface area contributed by atoms with E-state index in [0.29, 0.717) is 11.5 Å². The summed E-state index contributed by atoms with van der Waals surface area (Å²) in [6.45, 7) is 4.84. The summed E-state index contributed by atoms with van der Waals surface area (Å²) in [6.07, 6.45) is 0.749. The van der Waals surface area contributed by atoms with E-state index >= 15 is 0 Å². The standard InChI is InChI=1S/C15H22N2O2S/c1-15(7-10-20(18,19)12-15)17-9-8-16-11-14(17)13-5-3-2-4-6-13/h2-6,14,16H,7-12H2,1H3. The van der Waals surface area contributed by atoms with Gasteiger partial charge in [-0.15, -0.1) is 0 Å². The molecule has 3 rings (SSSR count). The third-order valence-electron chi connectivity index (χ3n) is 4.60. The quantitative estimate of drug-likeness (QED) is 0.891. The maximum Gasteiger partial charge on any atom is 0.152 e. The van der Waals surface area contributed by atoms with Gasteiger partial charge in [-0.05, 0) is 18.9 Å². The van der Waals surface area contributed by atoms with Gasteiger partial charge in [0, 0.05) is 31.2 Å². The Balaban J connectivity index is 1.90. The first-order valence-electron chi connectivity index (χ1n) is 7.23. The van der Waals surface area contributed by atoms with Crippen LogP contribution in [0.3, 0.4) is 0 Å². The molecule has 0 saturated carbocycles. The average Bonchev–Trinajstić information content (AvgIpc) is 2.75. The SMILES string of the molecule is CC1(N2CCNCC2c2ccccc2)CCS(=O)(=O)C1. The van der Waals surface area contributed by atoms with Gasteiger partial charge in [-0.3, -0.25) is 4.90 Å². The summed E-state index contributed by atoms with van der Waals surface area (Å²) in [4.78, 5) is 2.41. The highest BCUT2D eigenvalue weighted by molar-refractivity contribution is 7.91. The zero-order valence-electron chi connectivity index (χ0n) is 11.9. The topological polar surface area (TPSA) is 49.4 Å². The molecule has 1 N–H and O–H groups in total. The van der Waals surface area contributed by atoms with E-state index < -0.39 is 9.84 Å². The minimum Gasteiger partial charge on any atom is -0.314 e. The predicted molar refractivity (Wildman–Crippen MR) is 80.4 cm³/mol. The lowest BCUT2D eigenvalue weighted by atomic mass is 9.92. The van der Waals surface area contributed by atoms with E-state index in [9.17, 15) is 8.42 Å². The second kappa shape index (κ2) is 5.13. The van der Waals surface area contributed by atoms with Crippen LogP contribution in [0.1, 0.15) is 24.9 Å². The van der Waals surface area contributed by atoms with Crippen LogP contribution in [0.5, 0.6) is 0 Å². The second-order valence-electron chi connectivity index (χ2n) is 6.16. The molecule has 2 unspecified atom stereocenters. The van der Waals surface area contributed by atoms with Gasteiger partial charge in [0.15, 0.2) is 9.84 Å². The first kappa shape index (κ1) is 14.0. The van der Waals surface area contributed by atoms with Crippen LogP contribution in [0, 0.1) is 0 Å². The van der Waals surface area contributed by atoms with Crippen LogP contribution >= 0.6 is 0 Å². The van der Waals surface area contributed by atoms with E-state index in [0.717, 1.165) is 26.1 Å². The van der Waals surface area contributed by atoms with Crippen molar-refractivity contribution in [1.82, 2.24) is 10.2 Å². The number of hydrogen-bond donors (Lipinski definition) is 1. The molecular formula is C15H22N2O2S. The highest BCUT2D eigenvalue weighted by atomic mass is 32.2. The summed E-state index contributed by atoms with van der Waals surface area (Å²) in [5.74, 6) is 0.623. The van der Waals surface area contributed by atoms with E-state index in [-0.39, 0.29) is 11.6 Å². The molecule has 1 aromatic rings. The summed E-state index contributed by atoms with van der Waals surface area (Å²) >= 11 is 0. The molecule has 2 fully saturated rings. The highest BCUT2D eigenvalue weighted by Gasteiger charge is 2.45. The highest BCUT2D eigenvalue weighted by Crippen LogP contribution is 2.36. The summed E-state index contributed by atoms with van der Waals surface area (Å²) in [7, 11) is -2.87. The van der Waals surface area contributed by atoms with Gasteiger partial charge in [-0.25, -0.2) is 8.42 Å². The summed E-state index contributed by atoms with van der Waals surface area (Å²) < 4.78 is 23.8.